The van der Waals surface area contributed by atoms with Crippen molar-refractivity contribution in [2.75, 3.05) is 45.5 Å². The number of piperidine rings is 1. The first-order valence-electron chi connectivity index (χ1n) is 13.2. The molecule has 1 aromatic carbocycles. The Labute approximate surface area is 229 Å². The molecule has 1 saturated heterocycles. The van der Waals surface area contributed by atoms with E-state index in [-0.39, 0.29) is 24.8 Å². The van der Waals surface area contributed by atoms with Crippen molar-refractivity contribution in [2.45, 2.75) is 46.6 Å². The van der Waals surface area contributed by atoms with Crippen molar-refractivity contribution in [3.8, 4) is 0 Å². The predicted octanol–water partition coefficient (Wildman–Crippen LogP) is 3.65. The topological polar surface area (TPSA) is 114 Å². The van der Waals surface area contributed by atoms with E-state index >= 15 is 0 Å². The molecular weight excluding hydrogens is 503 g/mol. The Balaban J connectivity index is 1.81. The molecule has 0 radical (unpaired) electrons. The monoisotopic (exact) mass is 544 g/mol. The second-order valence-electron chi connectivity index (χ2n) is 9.77. The highest BCUT2D eigenvalue weighted by atomic mass is 32.2. The summed E-state index contributed by atoms with van der Waals surface area (Å²) in [5.41, 5.74) is 10.5. The highest BCUT2D eigenvalue weighted by Crippen LogP contribution is 2.23. The summed E-state index contributed by atoms with van der Waals surface area (Å²) in [7, 11) is 0. The number of nitrogens with one attached hydrogen (secondary N) is 2. The molecule has 0 bridgehead atoms. The van der Waals surface area contributed by atoms with Gasteiger partial charge in [0, 0.05) is 48.7 Å². The number of halogens is 1. The quantitative estimate of drug-likeness (QED) is 0.223. The van der Waals surface area contributed by atoms with Gasteiger partial charge in [-0.25, -0.2) is 19.8 Å². The van der Waals surface area contributed by atoms with Gasteiger partial charge in [-0.1, -0.05) is 25.1 Å². The van der Waals surface area contributed by atoms with Gasteiger partial charge in [-0.2, -0.15) is 0 Å². The SMILES string of the molecule is CS/C(CCN(CC(=O)N(Cc1nc(C)c2ccccc2n1)NCCN)C(=N)N1CCC[C@@H](C)C1)=C(\C)F. The van der Waals surface area contributed by atoms with Crippen LogP contribution in [0.25, 0.3) is 10.9 Å². The summed E-state index contributed by atoms with van der Waals surface area (Å²) < 4.78 is 14.0. The minimum atomic E-state index is -0.227. The lowest BCUT2D eigenvalue weighted by molar-refractivity contribution is -0.135. The minimum Gasteiger partial charge on any atom is -0.343 e. The summed E-state index contributed by atoms with van der Waals surface area (Å²) >= 11 is 1.36. The number of rotatable bonds is 11. The van der Waals surface area contributed by atoms with E-state index in [2.05, 4.69) is 22.3 Å². The summed E-state index contributed by atoms with van der Waals surface area (Å²) in [5.74, 6) is 0.850. The Bertz CT molecular complexity index is 1140. The van der Waals surface area contributed by atoms with Crippen molar-refractivity contribution in [1.29, 1.82) is 5.41 Å². The maximum Gasteiger partial charge on any atom is 0.256 e. The maximum absolute atomic E-state index is 14.0. The molecule has 1 aliphatic heterocycles. The third-order valence-corrected chi connectivity index (χ3v) is 7.69. The number of guanidine groups is 1. The molecule has 208 valence electrons. The number of hydrogen-bond donors (Lipinski definition) is 3. The number of thioether (sulfide) groups is 1. The molecule has 11 heteroatoms. The molecule has 0 aliphatic carbocycles. The van der Waals surface area contributed by atoms with E-state index in [0.717, 1.165) is 42.5 Å². The van der Waals surface area contributed by atoms with E-state index in [0.29, 0.717) is 48.7 Å². The van der Waals surface area contributed by atoms with Gasteiger partial charge in [0.25, 0.3) is 5.91 Å². The normalized spacial score (nSPS) is 16.4. The Morgan fingerprint density at radius 3 is 2.79 bits per heavy atom. The Morgan fingerprint density at radius 1 is 1.34 bits per heavy atom. The van der Waals surface area contributed by atoms with Gasteiger partial charge in [0.05, 0.1) is 12.1 Å². The van der Waals surface area contributed by atoms with Gasteiger partial charge in [0.1, 0.15) is 18.2 Å². The molecule has 0 spiro atoms. The van der Waals surface area contributed by atoms with Gasteiger partial charge in [-0.3, -0.25) is 15.2 Å². The number of nitrogens with two attached hydrogens (primary N) is 1. The smallest absolute Gasteiger partial charge is 0.256 e. The molecule has 1 fully saturated rings. The third-order valence-electron chi connectivity index (χ3n) is 6.71. The first kappa shape index (κ1) is 29.8. The Kier molecular flexibility index (Phi) is 11.3. The Morgan fingerprint density at radius 2 is 2.11 bits per heavy atom. The molecule has 0 unspecified atom stereocenters. The minimum absolute atomic E-state index is 0.0269. The van der Waals surface area contributed by atoms with Crippen LogP contribution in [0.5, 0.6) is 0 Å². The standard InChI is InChI=1S/C27H41FN8OS/c1-19-8-7-14-34(16-19)27(30)35(15-11-24(38-4)20(2)28)18-26(37)36(31-13-12-29)17-25-32-21(3)22-9-5-6-10-23(22)33-25/h5-6,9-10,19,30-31H,7-8,11-18,29H2,1-4H3/b24-20+,30-27?/t19-/m1/s1. The molecule has 0 saturated carbocycles. The predicted molar refractivity (Wildman–Crippen MR) is 153 cm³/mol. The number of nitrogens with zero attached hydrogens (tertiary/aromatic N) is 5. The number of benzene rings is 1. The number of hydrazine groups is 1. The van der Waals surface area contributed by atoms with Gasteiger partial charge in [0.15, 0.2) is 5.96 Å². The van der Waals surface area contributed by atoms with Crippen LogP contribution in [0.4, 0.5) is 4.39 Å². The van der Waals surface area contributed by atoms with Gasteiger partial charge in [-0.05, 0) is 51.3 Å². The number of allylic oxidation sites excluding steroid dienone is 1. The lowest BCUT2D eigenvalue weighted by atomic mass is 10.0. The summed E-state index contributed by atoms with van der Waals surface area (Å²) in [4.78, 5) is 27.3. The van der Waals surface area contributed by atoms with Crippen LogP contribution in [-0.4, -0.2) is 82.2 Å². The zero-order valence-electron chi connectivity index (χ0n) is 23.0. The lowest BCUT2D eigenvalue weighted by Crippen LogP contribution is -2.53. The Hall–Kier alpha value is -2.76. The first-order chi connectivity index (χ1) is 18.2. The lowest BCUT2D eigenvalue weighted by Gasteiger charge is -2.38. The number of carbonyl (C=O) groups excluding carboxylic acids is 1. The molecule has 2 heterocycles. The zero-order valence-corrected chi connectivity index (χ0v) is 23.8. The average Bonchev–Trinajstić information content (AvgIpc) is 2.90. The summed E-state index contributed by atoms with van der Waals surface area (Å²) in [6.45, 7) is 8.36. The third kappa shape index (κ3) is 8.12. The number of carbonyl (C=O) groups is 1. The molecule has 1 amide bonds. The maximum atomic E-state index is 14.0. The molecule has 2 aromatic rings. The van der Waals surface area contributed by atoms with Crippen LogP contribution in [0.15, 0.2) is 35.0 Å². The number of likely N-dealkylation sites (tertiary alicyclic amines) is 1. The van der Waals surface area contributed by atoms with Crippen LogP contribution in [0.1, 0.15) is 44.6 Å². The largest absolute Gasteiger partial charge is 0.343 e. The van der Waals surface area contributed by atoms with Crippen molar-refractivity contribution >= 4 is 34.5 Å². The van der Waals surface area contributed by atoms with Crippen molar-refractivity contribution in [3.63, 3.8) is 0 Å². The molecule has 3 rings (SSSR count). The van der Waals surface area contributed by atoms with Gasteiger partial charge in [-0.15, -0.1) is 11.8 Å². The van der Waals surface area contributed by atoms with E-state index in [4.69, 9.17) is 11.1 Å². The molecule has 1 aromatic heterocycles. The van der Waals surface area contributed by atoms with Crippen LogP contribution >= 0.6 is 11.8 Å². The molecule has 4 N–H and O–H groups in total. The van der Waals surface area contributed by atoms with Gasteiger partial charge in [0.2, 0.25) is 0 Å². The average molecular weight is 545 g/mol. The van der Waals surface area contributed by atoms with Crippen LogP contribution in [0.2, 0.25) is 0 Å². The van der Waals surface area contributed by atoms with E-state index in [1.54, 1.807) is 4.90 Å². The van der Waals surface area contributed by atoms with Crippen molar-refractivity contribution in [1.82, 2.24) is 30.2 Å². The molecule has 1 atom stereocenters. The molecule has 9 nitrogen and oxygen atoms in total. The summed E-state index contributed by atoms with van der Waals surface area (Å²) in [5, 5.41) is 11.4. The second-order valence-corrected chi connectivity index (χ2v) is 10.7. The summed E-state index contributed by atoms with van der Waals surface area (Å²) in [6, 6.07) is 7.78. The fraction of sp³-hybridized carbons (Fsp3) is 0.556. The van der Waals surface area contributed by atoms with Crippen molar-refractivity contribution < 1.29 is 9.18 Å². The van der Waals surface area contributed by atoms with Crippen LogP contribution in [0, 0.1) is 18.3 Å². The fourth-order valence-corrected chi connectivity index (χ4v) is 5.26. The van der Waals surface area contributed by atoms with Gasteiger partial charge < -0.3 is 15.5 Å². The number of para-hydroxylation sites is 1. The van der Waals surface area contributed by atoms with Crippen LogP contribution < -0.4 is 11.2 Å². The highest BCUT2D eigenvalue weighted by Gasteiger charge is 2.26. The number of fused-ring (bicyclic) bond motifs is 1. The summed E-state index contributed by atoms with van der Waals surface area (Å²) in [6.07, 6.45) is 4.40. The van der Waals surface area contributed by atoms with E-state index in [9.17, 15) is 9.18 Å². The van der Waals surface area contributed by atoms with Gasteiger partial charge >= 0.3 is 0 Å². The fourth-order valence-electron chi connectivity index (χ4n) is 4.68. The zero-order chi connectivity index (χ0) is 27.7. The number of aryl methyl sites for hydroxylation is 1. The van der Waals surface area contributed by atoms with E-state index in [1.807, 2.05) is 42.3 Å². The number of aromatic nitrogens is 2. The van der Waals surface area contributed by atoms with E-state index in [1.165, 1.54) is 23.7 Å². The second kappa shape index (κ2) is 14.4. The number of hydrogen-bond acceptors (Lipinski definition) is 7. The molecule has 38 heavy (non-hydrogen) atoms. The molecule has 1 aliphatic rings. The highest BCUT2D eigenvalue weighted by molar-refractivity contribution is 8.02. The van der Waals surface area contributed by atoms with Crippen LogP contribution in [0.3, 0.4) is 0 Å². The number of amides is 1. The first-order valence-corrected chi connectivity index (χ1v) is 14.4. The van der Waals surface area contributed by atoms with Crippen LogP contribution in [-0.2, 0) is 11.3 Å². The van der Waals surface area contributed by atoms with Crippen molar-refractivity contribution in [3.05, 3.63) is 46.5 Å². The van der Waals surface area contributed by atoms with Crippen molar-refractivity contribution in [2.24, 2.45) is 11.7 Å². The van der Waals surface area contributed by atoms with E-state index < -0.39 is 0 Å². The molecular formula is C27H41FN8OS.